The maximum atomic E-state index is 9.52. The number of hydrogen-bond acceptors (Lipinski definition) is 1. The van der Waals surface area contributed by atoms with Gasteiger partial charge in [-0.1, -0.05) is 31.6 Å². The third-order valence-electron chi connectivity index (χ3n) is 1.90. The predicted molar refractivity (Wildman–Crippen MR) is 54.1 cm³/mol. The predicted octanol–water partition coefficient (Wildman–Crippen LogP) is 3.06. The maximum absolute atomic E-state index is 9.52. The minimum Gasteiger partial charge on any atom is -0.389 e. The van der Waals surface area contributed by atoms with E-state index in [1.165, 1.54) is 0 Å². The molecule has 0 saturated carbocycles. The Balaban J connectivity index is 3.81. The average Bonchev–Trinajstić information content (AvgIpc) is 2.05. The topological polar surface area (TPSA) is 20.2 Å². The molecule has 0 aromatic carbocycles. The van der Waals surface area contributed by atoms with Crippen molar-refractivity contribution in [2.24, 2.45) is 0 Å². The fourth-order valence-corrected chi connectivity index (χ4v) is 1.03. The van der Waals surface area contributed by atoms with Gasteiger partial charge in [-0.2, -0.15) is 0 Å². The molecule has 0 aliphatic heterocycles. The monoisotopic (exact) mass is 168 g/mol. The molecule has 1 unspecified atom stereocenters. The lowest BCUT2D eigenvalue weighted by Crippen LogP contribution is -2.06. The Morgan fingerprint density at radius 1 is 1.50 bits per heavy atom. The molecular formula is C11H20O. The molecule has 0 spiro atoms. The Morgan fingerprint density at radius 3 is 2.67 bits per heavy atom. The van der Waals surface area contributed by atoms with Crippen molar-refractivity contribution < 1.29 is 5.11 Å². The van der Waals surface area contributed by atoms with E-state index in [4.69, 9.17) is 0 Å². The summed E-state index contributed by atoms with van der Waals surface area (Å²) < 4.78 is 0. The van der Waals surface area contributed by atoms with Gasteiger partial charge in [0, 0.05) is 0 Å². The zero-order valence-electron chi connectivity index (χ0n) is 8.38. The molecule has 0 aliphatic carbocycles. The Bertz CT molecular complexity index is 156. The minimum atomic E-state index is -0.236. The Morgan fingerprint density at radius 2 is 2.17 bits per heavy atom. The molecule has 0 amide bonds. The molecule has 1 heteroatoms. The molecule has 12 heavy (non-hydrogen) atoms. The molecule has 0 aromatic rings. The van der Waals surface area contributed by atoms with Gasteiger partial charge in [0.15, 0.2) is 0 Å². The van der Waals surface area contributed by atoms with Crippen molar-refractivity contribution in [1.82, 2.24) is 0 Å². The van der Waals surface area contributed by atoms with Crippen LogP contribution in [0.4, 0.5) is 0 Å². The fraction of sp³-hybridized carbons (Fsp3) is 0.636. The van der Waals surface area contributed by atoms with Gasteiger partial charge < -0.3 is 5.11 Å². The first-order valence-electron chi connectivity index (χ1n) is 4.68. The second-order valence-electron chi connectivity index (χ2n) is 3.06. The van der Waals surface area contributed by atoms with E-state index >= 15 is 0 Å². The Kier molecular flexibility index (Phi) is 6.78. The highest BCUT2D eigenvalue weighted by Gasteiger charge is 2.02. The number of rotatable bonds is 5. The van der Waals surface area contributed by atoms with Gasteiger partial charge in [-0.25, -0.2) is 0 Å². The first-order valence-corrected chi connectivity index (χ1v) is 4.68. The summed E-state index contributed by atoms with van der Waals surface area (Å²) in [6.45, 7) is 6.08. The van der Waals surface area contributed by atoms with E-state index in [2.05, 4.69) is 19.1 Å². The first-order chi connectivity index (χ1) is 5.72. The summed E-state index contributed by atoms with van der Waals surface area (Å²) in [4.78, 5) is 0. The van der Waals surface area contributed by atoms with Gasteiger partial charge >= 0.3 is 0 Å². The smallest absolute Gasteiger partial charge is 0.0747 e. The molecule has 0 heterocycles. The number of hydrogen-bond donors (Lipinski definition) is 1. The van der Waals surface area contributed by atoms with Gasteiger partial charge in [0.25, 0.3) is 0 Å². The van der Waals surface area contributed by atoms with Gasteiger partial charge in [-0.3, -0.25) is 0 Å². The molecule has 1 nitrogen and oxygen atoms in total. The van der Waals surface area contributed by atoms with Crippen LogP contribution in [0.3, 0.4) is 0 Å². The van der Waals surface area contributed by atoms with Crippen LogP contribution in [0.15, 0.2) is 23.8 Å². The third-order valence-corrected chi connectivity index (χ3v) is 1.90. The van der Waals surface area contributed by atoms with Crippen molar-refractivity contribution in [1.29, 1.82) is 0 Å². The molecule has 0 saturated heterocycles. The maximum Gasteiger partial charge on any atom is 0.0747 e. The number of allylic oxidation sites excluding steroid dienone is 3. The minimum absolute atomic E-state index is 0.236. The summed E-state index contributed by atoms with van der Waals surface area (Å²) >= 11 is 0. The zero-order chi connectivity index (χ0) is 9.40. The highest BCUT2D eigenvalue weighted by Crippen LogP contribution is 2.08. The lowest BCUT2D eigenvalue weighted by atomic mass is 10.1. The van der Waals surface area contributed by atoms with Crippen molar-refractivity contribution in [2.75, 3.05) is 0 Å². The largest absolute Gasteiger partial charge is 0.389 e. The molecular weight excluding hydrogens is 148 g/mol. The molecule has 0 rings (SSSR count). The van der Waals surface area contributed by atoms with E-state index < -0.39 is 0 Å². The van der Waals surface area contributed by atoms with E-state index in [0.717, 1.165) is 24.8 Å². The molecule has 0 fully saturated rings. The summed E-state index contributed by atoms with van der Waals surface area (Å²) in [6.07, 6.45) is 8.80. The van der Waals surface area contributed by atoms with E-state index in [1.54, 1.807) is 0 Å². The van der Waals surface area contributed by atoms with Crippen molar-refractivity contribution in [3.05, 3.63) is 23.8 Å². The van der Waals surface area contributed by atoms with Gasteiger partial charge in [-0.05, 0) is 32.3 Å². The van der Waals surface area contributed by atoms with E-state index in [9.17, 15) is 5.11 Å². The van der Waals surface area contributed by atoms with E-state index in [-0.39, 0.29) is 6.10 Å². The molecule has 0 aliphatic rings. The van der Waals surface area contributed by atoms with Crippen molar-refractivity contribution in [3.63, 3.8) is 0 Å². The van der Waals surface area contributed by atoms with Gasteiger partial charge in [-0.15, -0.1) is 0 Å². The van der Waals surface area contributed by atoms with Crippen LogP contribution >= 0.6 is 0 Å². The van der Waals surface area contributed by atoms with Crippen molar-refractivity contribution >= 4 is 0 Å². The van der Waals surface area contributed by atoms with Gasteiger partial charge in [0.05, 0.1) is 6.10 Å². The summed E-state index contributed by atoms with van der Waals surface area (Å²) in [5.74, 6) is 0. The van der Waals surface area contributed by atoms with Crippen LogP contribution < -0.4 is 0 Å². The van der Waals surface area contributed by atoms with Crippen molar-refractivity contribution in [3.8, 4) is 0 Å². The summed E-state index contributed by atoms with van der Waals surface area (Å²) in [6, 6.07) is 0. The SMILES string of the molecule is CC=CCC=C(C)C(O)CCC. The summed E-state index contributed by atoms with van der Waals surface area (Å²) in [7, 11) is 0. The first kappa shape index (κ1) is 11.4. The number of aliphatic hydroxyl groups is 1. The normalized spacial score (nSPS) is 15.5. The van der Waals surface area contributed by atoms with Crippen LogP contribution in [-0.4, -0.2) is 11.2 Å². The summed E-state index contributed by atoms with van der Waals surface area (Å²) in [5.41, 5.74) is 1.09. The molecule has 0 aromatic heterocycles. The standard InChI is InChI=1S/C11H20O/c1-4-6-7-9-10(3)11(12)8-5-2/h4,6,9,11-12H,5,7-8H2,1-3H3. The molecule has 0 radical (unpaired) electrons. The molecule has 1 atom stereocenters. The second kappa shape index (κ2) is 7.11. The van der Waals surface area contributed by atoms with Gasteiger partial charge in [0.2, 0.25) is 0 Å². The average molecular weight is 168 g/mol. The zero-order valence-corrected chi connectivity index (χ0v) is 8.38. The highest BCUT2D eigenvalue weighted by atomic mass is 16.3. The third kappa shape index (κ3) is 5.14. The Labute approximate surface area is 75.8 Å². The van der Waals surface area contributed by atoms with Crippen LogP contribution in [0.5, 0.6) is 0 Å². The lowest BCUT2D eigenvalue weighted by Gasteiger charge is -2.08. The van der Waals surface area contributed by atoms with Gasteiger partial charge in [0.1, 0.15) is 0 Å². The Hall–Kier alpha value is -0.560. The number of aliphatic hydroxyl groups excluding tert-OH is 1. The van der Waals surface area contributed by atoms with E-state index in [0.29, 0.717) is 0 Å². The van der Waals surface area contributed by atoms with Crippen LogP contribution in [-0.2, 0) is 0 Å². The van der Waals surface area contributed by atoms with E-state index in [1.807, 2.05) is 19.9 Å². The lowest BCUT2D eigenvalue weighted by molar-refractivity contribution is 0.199. The summed E-state index contributed by atoms with van der Waals surface area (Å²) in [5, 5.41) is 9.52. The van der Waals surface area contributed by atoms with Crippen molar-refractivity contribution in [2.45, 2.75) is 46.1 Å². The fourth-order valence-electron chi connectivity index (χ4n) is 1.03. The second-order valence-corrected chi connectivity index (χ2v) is 3.06. The molecule has 70 valence electrons. The van der Waals surface area contributed by atoms with Crippen LogP contribution in [0.25, 0.3) is 0 Å². The van der Waals surface area contributed by atoms with Crippen LogP contribution in [0, 0.1) is 0 Å². The van der Waals surface area contributed by atoms with Crippen LogP contribution in [0.1, 0.15) is 40.0 Å². The molecule has 1 N–H and O–H groups in total. The highest BCUT2D eigenvalue weighted by molar-refractivity contribution is 5.06. The molecule has 0 bridgehead atoms. The van der Waals surface area contributed by atoms with Crippen LogP contribution in [0.2, 0.25) is 0 Å². The quantitative estimate of drug-likeness (QED) is 0.625.